The van der Waals surface area contributed by atoms with Gasteiger partial charge in [-0.15, -0.1) is 0 Å². The topological polar surface area (TPSA) is 53.1 Å². The smallest absolute Gasteiger partial charge is 0.0641 e. The van der Waals surface area contributed by atoms with Crippen LogP contribution in [-0.4, -0.2) is 23.5 Å². The highest BCUT2D eigenvalue weighted by Crippen LogP contribution is 2.12. The second kappa shape index (κ2) is 5.88. The number of ether oxygens (including phenoxy) is 1. The minimum atomic E-state index is 0.579. The molecule has 0 aromatic carbocycles. The van der Waals surface area contributed by atoms with Gasteiger partial charge in [0.2, 0.25) is 0 Å². The van der Waals surface area contributed by atoms with Crippen molar-refractivity contribution in [2.75, 3.05) is 13.7 Å². The minimum Gasteiger partial charge on any atom is -0.385 e. The number of nitrogens with two attached hydrogens (primary N) is 1. The van der Waals surface area contributed by atoms with E-state index in [1.54, 1.807) is 7.11 Å². The summed E-state index contributed by atoms with van der Waals surface area (Å²) in [4.78, 5) is 0. The van der Waals surface area contributed by atoms with Crippen molar-refractivity contribution < 1.29 is 4.74 Å². The molecule has 86 valence electrons. The van der Waals surface area contributed by atoms with Crippen molar-refractivity contribution in [1.82, 2.24) is 9.78 Å². The van der Waals surface area contributed by atoms with Crippen LogP contribution >= 0.6 is 0 Å². The molecule has 0 saturated carbocycles. The number of rotatable bonds is 6. The first kappa shape index (κ1) is 12.2. The molecule has 0 atom stereocenters. The molecule has 0 radical (unpaired) electrons. The van der Waals surface area contributed by atoms with Gasteiger partial charge < -0.3 is 10.5 Å². The van der Waals surface area contributed by atoms with E-state index in [2.05, 4.69) is 12.0 Å². The van der Waals surface area contributed by atoms with Gasteiger partial charge in [0.15, 0.2) is 0 Å². The number of nitrogens with zero attached hydrogens (tertiary/aromatic N) is 2. The van der Waals surface area contributed by atoms with E-state index < -0.39 is 0 Å². The van der Waals surface area contributed by atoms with E-state index in [0.717, 1.165) is 31.7 Å². The molecule has 0 aliphatic rings. The van der Waals surface area contributed by atoms with E-state index in [1.165, 1.54) is 11.3 Å². The Labute approximate surface area is 91.4 Å². The maximum atomic E-state index is 5.67. The van der Waals surface area contributed by atoms with Crippen LogP contribution in [0.1, 0.15) is 29.8 Å². The molecular formula is C11H21N3O. The maximum Gasteiger partial charge on any atom is 0.0641 e. The third-order valence-electron chi connectivity index (χ3n) is 2.70. The van der Waals surface area contributed by atoms with Crippen LogP contribution in [-0.2, 0) is 17.8 Å². The third-order valence-corrected chi connectivity index (χ3v) is 2.70. The van der Waals surface area contributed by atoms with Gasteiger partial charge in [0.05, 0.1) is 5.69 Å². The summed E-state index contributed by atoms with van der Waals surface area (Å²) in [5.41, 5.74) is 9.11. The zero-order chi connectivity index (χ0) is 11.3. The summed E-state index contributed by atoms with van der Waals surface area (Å²) >= 11 is 0. The van der Waals surface area contributed by atoms with Gasteiger partial charge in [0.25, 0.3) is 0 Å². The summed E-state index contributed by atoms with van der Waals surface area (Å²) in [6, 6.07) is 0. The summed E-state index contributed by atoms with van der Waals surface area (Å²) in [6.07, 6.45) is 2.17. The van der Waals surface area contributed by atoms with Gasteiger partial charge in [-0.3, -0.25) is 4.68 Å². The largest absolute Gasteiger partial charge is 0.385 e. The van der Waals surface area contributed by atoms with Crippen LogP contribution in [0.15, 0.2) is 0 Å². The SMILES string of the molecule is COCCCCn1nc(C)c(CN)c1C. The van der Waals surface area contributed by atoms with Crippen LogP contribution in [0.25, 0.3) is 0 Å². The molecule has 0 aliphatic carbocycles. The lowest BCUT2D eigenvalue weighted by molar-refractivity contribution is 0.191. The highest BCUT2D eigenvalue weighted by Gasteiger charge is 2.08. The van der Waals surface area contributed by atoms with E-state index in [9.17, 15) is 0 Å². The van der Waals surface area contributed by atoms with Crippen molar-refractivity contribution in [3.05, 3.63) is 17.0 Å². The van der Waals surface area contributed by atoms with Gasteiger partial charge in [-0.25, -0.2) is 0 Å². The minimum absolute atomic E-state index is 0.579. The van der Waals surface area contributed by atoms with E-state index in [0.29, 0.717) is 6.54 Å². The van der Waals surface area contributed by atoms with Crippen molar-refractivity contribution in [3.8, 4) is 0 Å². The number of unbranched alkanes of at least 4 members (excludes halogenated alkanes) is 1. The first-order chi connectivity index (χ1) is 7.20. The van der Waals surface area contributed by atoms with Gasteiger partial charge in [0.1, 0.15) is 0 Å². The molecular weight excluding hydrogens is 190 g/mol. The summed E-state index contributed by atoms with van der Waals surface area (Å²) in [5, 5.41) is 4.47. The van der Waals surface area contributed by atoms with Crippen LogP contribution in [0.3, 0.4) is 0 Å². The molecule has 0 amide bonds. The lowest BCUT2D eigenvalue weighted by atomic mass is 10.2. The van der Waals surface area contributed by atoms with Crippen molar-refractivity contribution in [2.45, 2.75) is 39.8 Å². The van der Waals surface area contributed by atoms with Gasteiger partial charge in [0, 0.05) is 38.1 Å². The van der Waals surface area contributed by atoms with Gasteiger partial charge >= 0.3 is 0 Å². The number of hydrogen-bond donors (Lipinski definition) is 1. The predicted octanol–water partition coefficient (Wildman–Crippen LogP) is 1.39. The first-order valence-electron chi connectivity index (χ1n) is 5.42. The molecule has 1 rings (SSSR count). The molecule has 0 spiro atoms. The molecule has 1 aromatic rings. The molecule has 0 fully saturated rings. The number of hydrogen-bond acceptors (Lipinski definition) is 3. The maximum absolute atomic E-state index is 5.67. The molecule has 1 aromatic heterocycles. The number of aromatic nitrogens is 2. The molecule has 15 heavy (non-hydrogen) atoms. The first-order valence-corrected chi connectivity index (χ1v) is 5.42. The fourth-order valence-corrected chi connectivity index (χ4v) is 1.76. The monoisotopic (exact) mass is 211 g/mol. The third kappa shape index (κ3) is 3.04. The second-order valence-electron chi connectivity index (χ2n) is 3.78. The predicted molar refractivity (Wildman–Crippen MR) is 60.7 cm³/mol. The van der Waals surface area contributed by atoms with Crippen molar-refractivity contribution >= 4 is 0 Å². The normalized spacial score (nSPS) is 10.9. The quantitative estimate of drug-likeness (QED) is 0.723. The Morgan fingerprint density at radius 3 is 2.60 bits per heavy atom. The molecule has 0 saturated heterocycles. The Morgan fingerprint density at radius 2 is 2.07 bits per heavy atom. The van der Waals surface area contributed by atoms with Crippen LogP contribution in [0.2, 0.25) is 0 Å². The molecule has 0 unspecified atom stereocenters. The molecule has 1 heterocycles. The summed E-state index contributed by atoms with van der Waals surface area (Å²) in [6.45, 7) is 6.45. The summed E-state index contributed by atoms with van der Waals surface area (Å²) in [5.74, 6) is 0. The van der Waals surface area contributed by atoms with Crippen molar-refractivity contribution in [2.24, 2.45) is 5.73 Å². The summed E-state index contributed by atoms with van der Waals surface area (Å²) in [7, 11) is 1.73. The van der Waals surface area contributed by atoms with E-state index in [1.807, 2.05) is 11.6 Å². The summed E-state index contributed by atoms with van der Waals surface area (Å²) < 4.78 is 7.06. The van der Waals surface area contributed by atoms with E-state index in [-0.39, 0.29) is 0 Å². The highest BCUT2D eigenvalue weighted by molar-refractivity contribution is 5.23. The van der Waals surface area contributed by atoms with Gasteiger partial charge in [-0.2, -0.15) is 5.10 Å². The lowest BCUT2D eigenvalue weighted by Gasteiger charge is -2.04. The highest BCUT2D eigenvalue weighted by atomic mass is 16.5. The fourth-order valence-electron chi connectivity index (χ4n) is 1.76. The van der Waals surface area contributed by atoms with Crippen LogP contribution < -0.4 is 5.73 Å². The second-order valence-corrected chi connectivity index (χ2v) is 3.78. The average molecular weight is 211 g/mol. The number of methoxy groups -OCH3 is 1. The van der Waals surface area contributed by atoms with Crippen molar-refractivity contribution in [3.63, 3.8) is 0 Å². The Hall–Kier alpha value is -0.870. The average Bonchev–Trinajstić information content (AvgIpc) is 2.49. The Kier molecular flexibility index (Phi) is 4.78. The van der Waals surface area contributed by atoms with Crippen LogP contribution in [0.5, 0.6) is 0 Å². The van der Waals surface area contributed by atoms with Crippen LogP contribution in [0, 0.1) is 13.8 Å². The fraction of sp³-hybridized carbons (Fsp3) is 0.727. The van der Waals surface area contributed by atoms with Crippen LogP contribution in [0.4, 0.5) is 0 Å². The zero-order valence-corrected chi connectivity index (χ0v) is 9.92. The number of aryl methyl sites for hydroxylation is 2. The van der Waals surface area contributed by atoms with E-state index in [4.69, 9.17) is 10.5 Å². The standard InChI is InChI=1S/C11H21N3O/c1-9-11(8-12)10(2)14(13-9)6-4-5-7-15-3/h4-8,12H2,1-3H3. The molecule has 4 nitrogen and oxygen atoms in total. The Morgan fingerprint density at radius 1 is 1.33 bits per heavy atom. The molecule has 4 heteroatoms. The molecule has 2 N–H and O–H groups in total. The van der Waals surface area contributed by atoms with Crippen molar-refractivity contribution in [1.29, 1.82) is 0 Å². The Bertz CT molecular complexity index is 307. The van der Waals surface area contributed by atoms with Gasteiger partial charge in [-0.1, -0.05) is 0 Å². The van der Waals surface area contributed by atoms with Gasteiger partial charge in [-0.05, 0) is 26.7 Å². The zero-order valence-electron chi connectivity index (χ0n) is 9.92. The Balaban J connectivity index is 2.54. The lowest BCUT2D eigenvalue weighted by Crippen LogP contribution is -2.05. The molecule has 0 aliphatic heterocycles. The molecule has 0 bridgehead atoms. The van der Waals surface area contributed by atoms with E-state index >= 15 is 0 Å².